The molecule has 2 aromatic rings. The molecule has 0 saturated heterocycles. The van der Waals surface area contributed by atoms with Crippen LogP contribution in [0.5, 0.6) is 0 Å². The van der Waals surface area contributed by atoms with Gasteiger partial charge in [0.15, 0.2) is 5.82 Å². The van der Waals surface area contributed by atoms with E-state index in [9.17, 15) is 0 Å². The summed E-state index contributed by atoms with van der Waals surface area (Å²) in [6, 6.07) is 10.8. The van der Waals surface area contributed by atoms with Crippen LogP contribution in [0.1, 0.15) is 49.0 Å². The third-order valence-corrected chi connectivity index (χ3v) is 3.75. The van der Waals surface area contributed by atoms with Gasteiger partial charge in [0.25, 0.3) is 0 Å². The molecule has 4 heteroatoms. The Hall–Kier alpha value is -1.68. The van der Waals surface area contributed by atoms with Crippen LogP contribution in [0.2, 0.25) is 0 Å². The predicted molar refractivity (Wildman–Crippen MR) is 72.6 cm³/mol. The van der Waals surface area contributed by atoms with Crippen molar-refractivity contribution >= 4 is 0 Å². The summed E-state index contributed by atoms with van der Waals surface area (Å²) in [6.07, 6.45) is 2.41. The minimum absolute atomic E-state index is 0.331. The SMILES string of the molecule is C[C@H](c1ccccc1)N(C)Cc1nc(C2CC2)no1. The summed E-state index contributed by atoms with van der Waals surface area (Å²) in [7, 11) is 2.08. The lowest BCUT2D eigenvalue weighted by molar-refractivity contribution is 0.216. The fourth-order valence-corrected chi connectivity index (χ4v) is 2.18. The van der Waals surface area contributed by atoms with Crippen LogP contribution in [0.4, 0.5) is 0 Å². The van der Waals surface area contributed by atoms with Crippen LogP contribution in [-0.2, 0) is 6.54 Å². The standard InChI is InChI=1S/C15H19N3O/c1-11(12-6-4-3-5-7-12)18(2)10-14-16-15(17-19-14)13-8-9-13/h3-7,11,13H,8-10H2,1-2H3/t11-/m1/s1. The van der Waals surface area contributed by atoms with E-state index in [0.29, 0.717) is 24.4 Å². The first-order valence-corrected chi connectivity index (χ1v) is 6.81. The van der Waals surface area contributed by atoms with Gasteiger partial charge in [0, 0.05) is 12.0 Å². The van der Waals surface area contributed by atoms with Gasteiger partial charge in [-0.05, 0) is 32.4 Å². The Balaban J connectivity index is 1.64. The Kier molecular flexibility index (Phi) is 3.34. The molecule has 0 bridgehead atoms. The Morgan fingerprint density at radius 3 is 2.74 bits per heavy atom. The molecule has 100 valence electrons. The highest BCUT2D eigenvalue weighted by molar-refractivity contribution is 5.18. The summed E-state index contributed by atoms with van der Waals surface area (Å²) in [5, 5.41) is 4.05. The molecule has 0 amide bonds. The molecule has 1 heterocycles. The van der Waals surface area contributed by atoms with Gasteiger partial charge in [0.2, 0.25) is 5.89 Å². The van der Waals surface area contributed by atoms with Crippen molar-refractivity contribution in [3.05, 3.63) is 47.6 Å². The van der Waals surface area contributed by atoms with Crippen molar-refractivity contribution < 1.29 is 4.52 Å². The molecule has 19 heavy (non-hydrogen) atoms. The average molecular weight is 257 g/mol. The summed E-state index contributed by atoms with van der Waals surface area (Å²) in [5.41, 5.74) is 1.30. The first kappa shape index (κ1) is 12.4. The van der Waals surface area contributed by atoms with Crippen LogP contribution < -0.4 is 0 Å². The Labute approximate surface area is 113 Å². The highest BCUT2D eigenvalue weighted by atomic mass is 16.5. The molecule has 0 aliphatic heterocycles. The first-order valence-electron chi connectivity index (χ1n) is 6.81. The van der Waals surface area contributed by atoms with Crippen LogP contribution in [0, 0.1) is 0 Å². The molecule has 1 fully saturated rings. The second-order valence-corrected chi connectivity index (χ2v) is 5.32. The third kappa shape index (κ3) is 2.84. The molecular formula is C15H19N3O. The first-order chi connectivity index (χ1) is 9.24. The van der Waals surface area contributed by atoms with Gasteiger partial charge in [0.05, 0.1) is 6.54 Å². The van der Waals surface area contributed by atoms with Crippen LogP contribution >= 0.6 is 0 Å². The smallest absolute Gasteiger partial charge is 0.240 e. The molecule has 0 N–H and O–H groups in total. The summed E-state index contributed by atoms with van der Waals surface area (Å²) in [5.74, 6) is 2.15. The molecule has 1 aliphatic rings. The molecule has 0 radical (unpaired) electrons. The van der Waals surface area contributed by atoms with E-state index in [0.717, 1.165) is 5.82 Å². The van der Waals surface area contributed by atoms with Gasteiger partial charge < -0.3 is 4.52 Å². The topological polar surface area (TPSA) is 42.2 Å². The van der Waals surface area contributed by atoms with Crippen molar-refractivity contribution in [2.45, 2.75) is 38.3 Å². The summed E-state index contributed by atoms with van der Waals surface area (Å²) in [4.78, 5) is 6.69. The third-order valence-electron chi connectivity index (χ3n) is 3.75. The van der Waals surface area contributed by atoms with Crippen molar-refractivity contribution in [1.29, 1.82) is 0 Å². The van der Waals surface area contributed by atoms with Crippen LogP contribution in [0.25, 0.3) is 0 Å². The van der Waals surface area contributed by atoms with Crippen LogP contribution in [-0.4, -0.2) is 22.1 Å². The normalized spacial score (nSPS) is 16.8. The summed E-state index contributed by atoms with van der Waals surface area (Å²) >= 11 is 0. The number of hydrogen-bond acceptors (Lipinski definition) is 4. The minimum Gasteiger partial charge on any atom is -0.338 e. The summed E-state index contributed by atoms with van der Waals surface area (Å²) < 4.78 is 5.32. The Bertz CT molecular complexity index is 533. The number of nitrogens with zero attached hydrogens (tertiary/aromatic N) is 3. The number of rotatable bonds is 5. The fourth-order valence-electron chi connectivity index (χ4n) is 2.18. The molecule has 0 unspecified atom stereocenters. The zero-order valence-corrected chi connectivity index (χ0v) is 11.4. The fraction of sp³-hybridized carbons (Fsp3) is 0.467. The molecule has 1 saturated carbocycles. The van der Waals surface area contributed by atoms with Gasteiger partial charge in [-0.1, -0.05) is 35.5 Å². The highest BCUT2D eigenvalue weighted by Crippen LogP contribution is 2.38. The maximum Gasteiger partial charge on any atom is 0.240 e. The van der Waals surface area contributed by atoms with Crippen molar-refractivity contribution in [1.82, 2.24) is 15.0 Å². The van der Waals surface area contributed by atoms with Crippen molar-refractivity contribution in [3.8, 4) is 0 Å². The van der Waals surface area contributed by atoms with Crippen LogP contribution in [0.15, 0.2) is 34.9 Å². The lowest BCUT2D eigenvalue weighted by atomic mass is 10.1. The zero-order valence-electron chi connectivity index (χ0n) is 11.4. The Morgan fingerprint density at radius 2 is 2.05 bits per heavy atom. The van der Waals surface area contributed by atoms with Crippen LogP contribution in [0.3, 0.4) is 0 Å². The average Bonchev–Trinajstić information content (AvgIpc) is 3.20. The van der Waals surface area contributed by atoms with Gasteiger partial charge in [0.1, 0.15) is 0 Å². The van der Waals surface area contributed by atoms with Crippen molar-refractivity contribution in [2.75, 3.05) is 7.05 Å². The number of aromatic nitrogens is 2. The molecular weight excluding hydrogens is 238 g/mol. The van der Waals surface area contributed by atoms with E-state index in [4.69, 9.17) is 4.52 Å². The second kappa shape index (κ2) is 5.13. The summed E-state index contributed by atoms with van der Waals surface area (Å²) in [6.45, 7) is 2.88. The van der Waals surface area contributed by atoms with Gasteiger partial charge in [-0.15, -0.1) is 0 Å². The second-order valence-electron chi connectivity index (χ2n) is 5.32. The van der Waals surface area contributed by atoms with E-state index < -0.39 is 0 Å². The monoisotopic (exact) mass is 257 g/mol. The van der Waals surface area contributed by atoms with Gasteiger partial charge in [-0.2, -0.15) is 4.98 Å². The molecule has 4 nitrogen and oxygen atoms in total. The predicted octanol–water partition coefficient (Wildman–Crippen LogP) is 3.14. The van der Waals surface area contributed by atoms with E-state index in [2.05, 4.69) is 53.3 Å². The minimum atomic E-state index is 0.331. The van der Waals surface area contributed by atoms with E-state index in [1.54, 1.807) is 0 Å². The maximum absolute atomic E-state index is 5.32. The van der Waals surface area contributed by atoms with Gasteiger partial charge >= 0.3 is 0 Å². The van der Waals surface area contributed by atoms with Crippen molar-refractivity contribution in [3.63, 3.8) is 0 Å². The quantitative estimate of drug-likeness (QED) is 0.825. The highest BCUT2D eigenvalue weighted by Gasteiger charge is 2.29. The largest absolute Gasteiger partial charge is 0.338 e. The number of hydrogen-bond donors (Lipinski definition) is 0. The zero-order chi connectivity index (χ0) is 13.2. The molecule has 1 aromatic heterocycles. The Morgan fingerprint density at radius 1 is 1.32 bits per heavy atom. The number of benzene rings is 1. The lowest BCUT2D eigenvalue weighted by Gasteiger charge is -2.23. The van der Waals surface area contributed by atoms with E-state index >= 15 is 0 Å². The van der Waals surface area contributed by atoms with E-state index in [1.165, 1.54) is 18.4 Å². The molecule has 1 aromatic carbocycles. The molecule has 1 atom stereocenters. The van der Waals surface area contributed by atoms with E-state index in [1.807, 2.05) is 6.07 Å². The van der Waals surface area contributed by atoms with Gasteiger partial charge in [-0.25, -0.2) is 0 Å². The molecule has 3 rings (SSSR count). The molecule has 0 spiro atoms. The van der Waals surface area contributed by atoms with Crippen molar-refractivity contribution in [2.24, 2.45) is 0 Å². The maximum atomic E-state index is 5.32. The molecule has 1 aliphatic carbocycles. The van der Waals surface area contributed by atoms with Gasteiger partial charge in [-0.3, -0.25) is 4.90 Å². The van der Waals surface area contributed by atoms with E-state index in [-0.39, 0.29) is 0 Å². The lowest BCUT2D eigenvalue weighted by Crippen LogP contribution is -2.22.